The topological polar surface area (TPSA) is 127 Å². The summed E-state index contributed by atoms with van der Waals surface area (Å²) in [5.41, 5.74) is 1.52. The Bertz CT molecular complexity index is 924. The van der Waals surface area contributed by atoms with Crippen molar-refractivity contribution >= 4 is 40.9 Å². The molecule has 3 N–H and O–H groups in total. The highest BCUT2D eigenvalue weighted by Gasteiger charge is 2.45. The van der Waals surface area contributed by atoms with Crippen LogP contribution in [0.1, 0.15) is 27.2 Å². The minimum Gasteiger partial charge on any atom is -0.385 e. The van der Waals surface area contributed by atoms with Crippen molar-refractivity contribution in [2.24, 2.45) is 5.92 Å². The molecule has 3 atom stereocenters. The summed E-state index contributed by atoms with van der Waals surface area (Å²) in [6.45, 7) is 9.37. The van der Waals surface area contributed by atoms with Crippen molar-refractivity contribution in [3.63, 3.8) is 0 Å². The van der Waals surface area contributed by atoms with E-state index in [1.807, 2.05) is 43.0 Å². The number of anilines is 2. The Morgan fingerprint density at radius 2 is 2.03 bits per heavy atom. The molecule has 3 unspecified atom stereocenters. The molecule has 0 saturated carbocycles. The largest absolute Gasteiger partial charge is 0.385 e. The molecule has 3 amide bonds. The highest BCUT2D eigenvalue weighted by Crippen LogP contribution is 2.37. The van der Waals surface area contributed by atoms with Crippen LogP contribution < -0.4 is 16.0 Å². The smallest absolute Gasteiger partial charge is 0.240 e. The van der Waals surface area contributed by atoms with Gasteiger partial charge in [0.2, 0.25) is 17.7 Å². The number of ether oxygens (including phenoxy) is 1. The van der Waals surface area contributed by atoms with Gasteiger partial charge in [0.25, 0.3) is 0 Å². The van der Waals surface area contributed by atoms with Gasteiger partial charge in [-0.2, -0.15) is 5.26 Å². The lowest BCUT2D eigenvalue weighted by atomic mass is 10.1. The van der Waals surface area contributed by atoms with E-state index in [0.717, 1.165) is 12.2 Å². The molecule has 0 aliphatic carbocycles. The quantitative estimate of drug-likeness (QED) is 0.322. The van der Waals surface area contributed by atoms with Crippen LogP contribution in [0, 0.1) is 17.2 Å². The van der Waals surface area contributed by atoms with Crippen LogP contribution in [-0.4, -0.2) is 91.1 Å². The zero-order valence-electron chi connectivity index (χ0n) is 21.6. The number of thioether (sulfide) groups is 1. The molecular formula is C25H38N6O4S. The predicted octanol–water partition coefficient (Wildman–Crippen LogP) is 1.96. The number of hydrogen-bond acceptors (Lipinski definition) is 8. The van der Waals surface area contributed by atoms with Crippen LogP contribution in [-0.2, 0) is 19.1 Å². The number of benzene rings is 1. The summed E-state index contributed by atoms with van der Waals surface area (Å²) >= 11 is 1.38. The van der Waals surface area contributed by atoms with Crippen molar-refractivity contribution in [1.29, 1.82) is 5.26 Å². The third-order valence-corrected chi connectivity index (χ3v) is 7.45. The summed E-state index contributed by atoms with van der Waals surface area (Å²) in [6.07, 6.45) is 0.547. The van der Waals surface area contributed by atoms with Crippen LogP contribution in [0.25, 0.3) is 0 Å². The molecule has 36 heavy (non-hydrogen) atoms. The number of hydrogen-bond donors (Lipinski definition) is 3. The third kappa shape index (κ3) is 8.40. The highest BCUT2D eigenvalue weighted by atomic mass is 32.2. The van der Waals surface area contributed by atoms with Crippen molar-refractivity contribution in [3.05, 3.63) is 24.3 Å². The summed E-state index contributed by atoms with van der Waals surface area (Å²) in [6, 6.07) is 9.52. The van der Waals surface area contributed by atoms with Gasteiger partial charge in [0.1, 0.15) is 5.37 Å². The van der Waals surface area contributed by atoms with E-state index in [2.05, 4.69) is 22.0 Å². The van der Waals surface area contributed by atoms with Crippen LogP contribution in [0.4, 0.5) is 11.4 Å². The standard InChI is InChI=1S/C25H38N6O4S/c1-5-27-23(33)20(16-26)25-31(7-3)24(34)21(36-25)11-12-28-18-9-8-10-19(15-18)29-22(32)17-30(6-2)13-14-35-4/h8-10,15,20-21,25,28H,5-7,11-14,17H2,1-4H3,(H,27,33)(H,29,32). The van der Waals surface area contributed by atoms with E-state index in [1.165, 1.54) is 11.8 Å². The number of nitrogens with one attached hydrogen (secondary N) is 3. The SMILES string of the molecule is CCNC(=O)C(C#N)C1SC(CCNc2cccc(NC(=O)CN(CC)CCOC)c2)C(=O)N1CC. The molecule has 1 aromatic carbocycles. The Morgan fingerprint density at radius 1 is 1.28 bits per heavy atom. The fraction of sp³-hybridized carbons (Fsp3) is 0.600. The Morgan fingerprint density at radius 3 is 2.67 bits per heavy atom. The van der Waals surface area contributed by atoms with Crippen molar-refractivity contribution in [1.82, 2.24) is 15.1 Å². The van der Waals surface area contributed by atoms with Gasteiger partial charge in [-0.25, -0.2) is 0 Å². The van der Waals surface area contributed by atoms with Gasteiger partial charge < -0.3 is 25.6 Å². The van der Waals surface area contributed by atoms with Crippen LogP contribution in [0.15, 0.2) is 24.3 Å². The lowest BCUT2D eigenvalue weighted by molar-refractivity contribution is -0.131. The molecule has 0 aromatic heterocycles. The molecule has 10 nitrogen and oxygen atoms in total. The van der Waals surface area contributed by atoms with E-state index in [1.54, 1.807) is 18.9 Å². The molecule has 1 fully saturated rings. The van der Waals surface area contributed by atoms with Gasteiger partial charge in [0, 0.05) is 44.7 Å². The van der Waals surface area contributed by atoms with Crippen molar-refractivity contribution < 1.29 is 19.1 Å². The molecule has 0 radical (unpaired) electrons. The summed E-state index contributed by atoms with van der Waals surface area (Å²) in [4.78, 5) is 41.3. The summed E-state index contributed by atoms with van der Waals surface area (Å²) in [5.74, 6) is -1.39. The molecular weight excluding hydrogens is 480 g/mol. The number of rotatable bonds is 15. The number of methoxy groups -OCH3 is 1. The van der Waals surface area contributed by atoms with Crippen molar-refractivity contribution in [3.8, 4) is 6.07 Å². The second-order valence-electron chi connectivity index (χ2n) is 8.35. The Hall–Kier alpha value is -2.81. The maximum absolute atomic E-state index is 12.9. The van der Waals surface area contributed by atoms with Crippen LogP contribution in [0.5, 0.6) is 0 Å². The second kappa shape index (κ2) is 15.3. The maximum atomic E-state index is 12.9. The van der Waals surface area contributed by atoms with E-state index < -0.39 is 11.3 Å². The van der Waals surface area contributed by atoms with Gasteiger partial charge in [-0.3, -0.25) is 19.3 Å². The molecule has 1 aliphatic rings. The molecule has 1 heterocycles. The van der Waals surface area contributed by atoms with E-state index in [9.17, 15) is 19.6 Å². The Labute approximate surface area is 218 Å². The molecule has 1 aliphatic heterocycles. The highest BCUT2D eigenvalue weighted by molar-refractivity contribution is 8.01. The summed E-state index contributed by atoms with van der Waals surface area (Å²) in [5, 5.41) is 17.7. The predicted molar refractivity (Wildman–Crippen MR) is 143 cm³/mol. The van der Waals surface area contributed by atoms with E-state index >= 15 is 0 Å². The zero-order valence-corrected chi connectivity index (χ0v) is 22.4. The van der Waals surface area contributed by atoms with Gasteiger partial charge in [-0.15, -0.1) is 11.8 Å². The first-order chi connectivity index (χ1) is 17.4. The Kier molecular flexibility index (Phi) is 12.5. The fourth-order valence-corrected chi connectivity index (χ4v) is 5.54. The van der Waals surface area contributed by atoms with Crippen molar-refractivity contribution in [2.75, 3.05) is 63.6 Å². The molecule has 1 saturated heterocycles. The van der Waals surface area contributed by atoms with Crippen LogP contribution in [0.2, 0.25) is 0 Å². The maximum Gasteiger partial charge on any atom is 0.240 e. The van der Waals surface area contributed by atoms with Crippen LogP contribution >= 0.6 is 11.8 Å². The van der Waals surface area contributed by atoms with Gasteiger partial charge >= 0.3 is 0 Å². The minimum atomic E-state index is -0.907. The number of likely N-dealkylation sites (N-methyl/N-ethyl adjacent to an activating group) is 1. The number of nitriles is 1. The van der Waals surface area contributed by atoms with E-state index in [-0.39, 0.29) is 29.5 Å². The van der Waals surface area contributed by atoms with Crippen LogP contribution in [0.3, 0.4) is 0 Å². The third-order valence-electron chi connectivity index (χ3n) is 5.88. The number of carbonyl (C=O) groups excluding carboxylic acids is 3. The lowest BCUT2D eigenvalue weighted by Crippen LogP contribution is -2.43. The van der Waals surface area contributed by atoms with Gasteiger partial charge in [-0.1, -0.05) is 13.0 Å². The van der Waals surface area contributed by atoms with E-state index in [0.29, 0.717) is 44.9 Å². The first-order valence-corrected chi connectivity index (χ1v) is 13.3. The summed E-state index contributed by atoms with van der Waals surface area (Å²) < 4.78 is 5.09. The number of amides is 3. The molecule has 11 heteroatoms. The van der Waals surface area contributed by atoms with Gasteiger partial charge in [-0.05, 0) is 45.0 Å². The first-order valence-electron chi connectivity index (χ1n) is 12.4. The monoisotopic (exact) mass is 518 g/mol. The molecule has 2 rings (SSSR count). The molecule has 0 spiro atoms. The van der Waals surface area contributed by atoms with Gasteiger partial charge in [0.15, 0.2) is 5.92 Å². The molecule has 0 bridgehead atoms. The molecule has 1 aromatic rings. The fourth-order valence-electron chi connectivity index (χ4n) is 3.96. The number of nitrogens with zero attached hydrogens (tertiary/aromatic N) is 3. The van der Waals surface area contributed by atoms with E-state index in [4.69, 9.17) is 4.74 Å². The molecule has 198 valence electrons. The average molecular weight is 519 g/mol. The number of carbonyl (C=O) groups is 3. The normalized spacial score (nSPS) is 18.1. The second-order valence-corrected chi connectivity index (χ2v) is 9.67. The zero-order chi connectivity index (χ0) is 26.5. The first kappa shape index (κ1) is 29.4. The average Bonchev–Trinajstić information content (AvgIpc) is 3.17. The lowest BCUT2D eigenvalue weighted by Gasteiger charge is -2.25. The Balaban J connectivity index is 1.91. The minimum absolute atomic E-state index is 0.0474. The van der Waals surface area contributed by atoms with Gasteiger partial charge in [0.05, 0.1) is 24.5 Å². The summed E-state index contributed by atoms with van der Waals surface area (Å²) in [7, 11) is 1.64. The van der Waals surface area contributed by atoms with Crippen molar-refractivity contribution in [2.45, 2.75) is 37.8 Å².